The second-order valence-corrected chi connectivity index (χ2v) is 8.37. The van der Waals surface area contributed by atoms with Crippen LogP contribution in [-0.2, 0) is 6.54 Å². The molecule has 1 aliphatic rings. The maximum absolute atomic E-state index is 12.0. The van der Waals surface area contributed by atoms with Crippen LogP contribution in [0.1, 0.15) is 51.6 Å². The van der Waals surface area contributed by atoms with Crippen molar-refractivity contribution >= 4 is 0 Å². The molecule has 0 radical (unpaired) electrons. The molecule has 3 aromatic rings. The molecule has 0 amide bonds. The minimum Gasteiger partial charge on any atom is -0.477 e. The summed E-state index contributed by atoms with van der Waals surface area (Å²) in [5.74, 6) is 0.690. The molecule has 4 rings (SSSR count). The van der Waals surface area contributed by atoms with Crippen molar-refractivity contribution in [2.24, 2.45) is 5.41 Å². The van der Waals surface area contributed by atoms with E-state index in [2.05, 4.69) is 30.0 Å². The van der Waals surface area contributed by atoms with Crippen molar-refractivity contribution in [1.29, 1.82) is 0 Å². The molecule has 0 aromatic carbocycles. The Morgan fingerprint density at radius 3 is 2.63 bits per heavy atom. The number of nitrogens with zero attached hydrogens (tertiary/aromatic N) is 4. The van der Waals surface area contributed by atoms with Gasteiger partial charge in [-0.2, -0.15) is 5.10 Å². The smallest absolute Gasteiger partial charge is 0.250 e. The summed E-state index contributed by atoms with van der Waals surface area (Å²) in [6, 6.07) is 7.40. The molecule has 0 aliphatic heterocycles. The highest BCUT2D eigenvalue weighted by Crippen LogP contribution is 2.44. The maximum Gasteiger partial charge on any atom is 0.250 e. The summed E-state index contributed by atoms with van der Waals surface area (Å²) in [4.78, 5) is 16.6. The van der Waals surface area contributed by atoms with Crippen molar-refractivity contribution in [3.8, 4) is 22.7 Å². The normalized spacial score (nSPS) is 15.0. The zero-order chi connectivity index (χ0) is 21.1. The van der Waals surface area contributed by atoms with Crippen LogP contribution in [0.4, 0.5) is 0 Å². The van der Waals surface area contributed by atoms with Gasteiger partial charge >= 0.3 is 0 Å². The van der Waals surface area contributed by atoms with Gasteiger partial charge in [-0.1, -0.05) is 20.3 Å². The number of rotatable bonds is 8. The summed E-state index contributed by atoms with van der Waals surface area (Å²) in [6.07, 6.45) is 11.6. The Morgan fingerprint density at radius 1 is 1.13 bits per heavy atom. The number of ether oxygens (including phenoxy) is 1. The Balaban J connectivity index is 1.52. The molecule has 3 heterocycles. The van der Waals surface area contributed by atoms with E-state index >= 15 is 0 Å². The summed E-state index contributed by atoms with van der Waals surface area (Å²) >= 11 is 0. The lowest BCUT2D eigenvalue weighted by Gasteiger charge is -2.40. The fourth-order valence-electron chi connectivity index (χ4n) is 4.10. The molecule has 158 valence electrons. The second kappa shape index (κ2) is 8.46. The van der Waals surface area contributed by atoms with Crippen molar-refractivity contribution < 1.29 is 4.74 Å². The number of pyridine rings is 2. The minimum atomic E-state index is 0.00960. The van der Waals surface area contributed by atoms with Gasteiger partial charge in [0.15, 0.2) is 0 Å². The van der Waals surface area contributed by atoms with Gasteiger partial charge in [-0.05, 0) is 44.7 Å². The van der Waals surface area contributed by atoms with Gasteiger partial charge in [-0.3, -0.25) is 4.79 Å². The van der Waals surface area contributed by atoms with Gasteiger partial charge in [0.1, 0.15) is 0 Å². The van der Waals surface area contributed by atoms with E-state index in [0.717, 1.165) is 42.0 Å². The average molecular weight is 407 g/mol. The van der Waals surface area contributed by atoms with Crippen LogP contribution in [0.15, 0.2) is 47.7 Å². The van der Waals surface area contributed by atoms with Crippen LogP contribution in [-0.4, -0.2) is 25.9 Å². The number of aromatic nitrogens is 4. The predicted molar refractivity (Wildman–Crippen MR) is 118 cm³/mol. The Bertz CT molecular complexity index is 1070. The predicted octanol–water partition coefficient (Wildman–Crippen LogP) is 4.77. The molecule has 1 fully saturated rings. The van der Waals surface area contributed by atoms with Gasteiger partial charge < -0.3 is 9.30 Å². The first-order chi connectivity index (χ1) is 14.5. The van der Waals surface area contributed by atoms with Crippen molar-refractivity contribution in [1.82, 2.24) is 19.3 Å². The average Bonchev–Trinajstić information content (AvgIpc) is 3.19. The van der Waals surface area contributed by atoms with Crippen LogP contribution in [0.25, 0.3) is 16.8 Å². The molecule has 0 unspecified atom stereocenters. The van der Waals surface area contributed by atoms with E-state index in [4.69, 9.17) is 4.74 Å². The molecule has 1 saturated carbocycles. The minimum absolute atomic E-state index is 0.00960. The second-order valence-electron chi connectivity index (χ2n) is 8.37. The summed E-state index contributed by atoms with van der Waals surface area (Å²) < 4.78 is 9.55. The van der Waals surface area contributed by atoms with Crippen molar-refractivity contribution in [3.63, 3.8) is 0 Å². The van der Waals surface area contributed by atoms with E-state index in [-0.39, 0.29) is 5.56 Å². The van der Waals surface area contributed by atoms with Gasteiger partial charge in [0.25, 0.3) is 5.56 Å². The quantitative estimate of drug-likeness (QED) is 0.540. The van der Waals surface area contributed by atoms with Crippen molar-refractivity contribution in [3.05, 3.63) is 58.9 Å². The molecule has 30 heavy (non-hydrogen) atoms. The summed E-state index contributed by atoms with van der Waals surface area (Å²) in [6.45, 7) is 7.75. The fourth-order valence-corrected chi connectivity index (χ4v) is 4.10. The molecular formula is C24H30N4O2. The summed E-state index contributed by atoms with van der Waals surface area (Å²) in [5, 5.41) is 4.50. The van der Waals surface area contributed by atoms with E-state index in [0.29, 0.717) is 17.8 Å². The molecule has 0 N–H and O–H groups in total. The van der Waals surface area contributed by atoms with Crippen LogP contribution in [0.5, 0.6) is 5.88 Å². The first-order valence-electron chi connectivity index (χ1n) is 10.9. The third-order valence-corrected chi connectivity index (χ3v) is 6.34. The van der Waals surface area contributed by atoms with Crippen LogP contribution in [0.3, 0.4) is 0 Å². The largest absolute Gasteiger partial charge is 0.477 e. The monoisotopic (exact) mass is 406 g/mol. The maximum atomic E-state index is 12.0. The summed E-state index contributed by atoms with van der Waals surface area (Å²) in [7, 11) is 0. The highest BCUT2D eigenvalue weighted by atomic mass is 16.5. The van der Waals surface area contributed by atoms with E-state index in [1.165, 1.54) is 19.3 Å². The Morgan fingerprint density at radius 2 is 1.97 bits per heavy atom. The van der Waals surface area contributed by atoms with Crippen LogP contribution < -0.4 is 10.3 Å². The van der Waals surface area contributed by atoms with E-state index < -0.39 is 0 Å². The van der Waals surface area contributed by atoms with Gasteiger partial charge in [-0.15, -0.1) is 0 Å². The van der Waals surface area contributed by atoms with Gasteiger partial charge in [0, 0.05) is 53.3 Å². The highest BCUT2D eigenvalue weighted by Gasteiger charge is 2.36. The molecule has 1 aliphatic carbocycles. The Labute approximate surface area is 177 Å². The molecule has 0 saturated heterocycles. The zero-order valence-corrected chi connectivity index (χ0v) is 18.1. The number of hydrogen-bond acceptors (Lipinski definition) is 4. The molecule has 6 heteroatoms. The topological polar surface area (TPSA) is 61.9 Å². The lowest BCUT2D eigenvalue weighted by atomic mass is 9.68. The lowest BCUT2D eigenvalue weighted by molar-refractivity contribution is 0.0515. The molecule has 0 atom stereocenters. The van der Waals surface area contributed by atoms with Gasteiger partial charge in [0.2, 0.25) is 5.88 Å². The van der Waals surface area contributed by atoms with Gasteiger partial charge in [0.05, 0.1) is 18.5 Å². The van der Waals surface area contributed by atoms with E-state index in [1.54, 1.807) is 21.4 Å². The highest BCUT2D eigenvalue weighted by molar-refractivity contribution is 5.65. The number of hydrogen-bond donors (Lipinski definition) is 0. The van der Waals surface area contributed by atoms with Crippen molar-refractivity contribution in [2.75, 3.05) is 6.61 Å². The molecule has 3 aromatic heterocycles. The molecular weight excluding hydrogens is 376 g/mol. The summed E-state index contributed by atoms with van der Waals surface area (Å²) in [5.41, 5.74) is 4.17. The van der Waals surface area contributed by atoms with Crippen molar-refractivity contribution in [2.45, 2.75) is 59.4 Å². The lowest BCUT2D eigenvalue weighted by Crippen LogP contribution is -2.35. The molecule has 6 nitrogen and oxygen atoms in total. The van der Waals surface area contributed by atoms with Crippen LogP contribution >= 0.6 is 0 Å². The van der Waals surface area contributed by atoms with Gasteiger partial charge in [-0.25, -0.2) is 9.67 Å². The first kappa shape index (κ1) is 20.4. The first-order valence-corrected chi connectivity index (χ1v) is 10.9. The Kier molecular flexibility index (Phi) is 5.75. The third kappa shape index (κ3) is 4.04. The van der Waals surface area contributed by atoms with E-state index in [1.807, 2.05) is 31.6 Å². The SMILES string of the molecule is CCCn1cc(-n2cc(-c3ccc(OCC4(CC)CCC4)nc3C)cn2)ccc1=O. The third-order valence-electron chi connectivity index (χ3n) is 6.34. The fraction of sp³-hybridized carbons (Fsp3) is 0.458. The van der Waals surface area contributed by atoms with Crippen LogP contribution in [0.2, 0.25) is 0 Å². The standard InChI is InChI=1S/C24H30N4O2/c1-4-13-27-16-20(7-10-23(27)29)28-15-19(14-25-28)21-8-9-22(26-18(21)3)30-17-24(5-2)11-6-12-24/h7-10,14-16H,4-6,11-13,17H2,1-3H3. The van der Waals surface area contributed by atoms with E-state index in [9.17, 15) is 4.79 Å². The number of aryl methyl sites for hydroxylation is 2. The zero-order valence-electron chi connectivity index (χ0n) is 18.1. The molecule has 0 spiro atoms. The molecule has 0 bridgehead atoms. The van der Waals surface area contributed by atoms with Crippen LogP contribution in [0, 0.1) is 12.3 Å². The Hall–Kier alpha value is -2.89.